The maximum Gasteiger partial charge on any atom is 0.196 e. The van der Waals surface area contributed by atoms with Crippen LogP contribution in [0, 0.1) is 5.82 Å². The monoisotopic (exact) mass is 253 g/mol. The molecule has 90 valence electrons. The van der Waals surface area contributed by atoms with Crippen molar-refractivity contribution >= 4 is 11.3 Å². The van der Waals surface area contributed by atoms with Crippen LogP contribution in [0.5, 0.6) is 0 Å². The molecule has 5 heteroatoms. The molecule has 0 aliphatic rings. The van der Waals surface area contributed by atoms with Gasteiger partial charge in [-0.05, 0) is 24.1 Å². The van der Waals surface area contributed by atoms with Gasteiger partial charge in [-0.3, -0.25) is 0 Å². The number of aryl methyl sites for hydroxylation is 1. The van der Waals surface area contributed by atoms with Crippen LogP contribution in [0.3, 0.4) is 0 Å². The van der Waals surface area contributed by atoms with Gasteiger partial charge in [0.2, 0.25) is 0 Å². The molecule has 0 spiro atoms. The summed E-state index contributed by atoms with van der Waals surface area (Å²) in [7, 11) is 0. The van der Waals surface area contributed by atoms with E-state index in [-0.39, 0.29) is 11.5 Å². The Morgan fingerprint density at radius 3 is 2.76 bits per heavy atom. The Morgan fingerprint density at radius 2 is 2.18 bits per heavy atom. The molecule has 0 radical (unpaired) electrons. The standard InChI is InChI=1S/C12H12FNO2S/c1-2-7-3-4-9(13)8(5-7)11-14-10(6-17-11)12(15)16/h3-6,12,15-16H,2H2,1H3. The van der Waals surface area contributed by atoms with Crippen molar-refractivity contribution in [3.05, 3.63) is 40.7 Å². The van der Waals surface area contributed by atoms with Crippen LogP contribution in [-0.4, -0.2) is 15.2 Å². The van der Waals surface area contributed by atoms with E-state index in [9.17, 15) is 4.39 Å². The highest BCUT2D eigenvalue weighted by molar-refractivity contribution is 7.13. The van der Waals surface area contributed by atoms with E-state index in [0.29, 0.717) is 10.6 Å². The zero-order valence-corrected chi connectivity index (χ0v) is 10.0. The van der Waals surface area contributed by atoms with E-state index in [1.807, 2.05) is 6.92 Å². The van der Waals surface area contributed by atoms with Gasteiger partial charge in [0.05, 0.1) is 0 Å². The molecule has 1 aromatic heterocycles. The molecule has 3 nitrogen and oxygen atoms in total. The zero-order valence-electron chi connectivity index (χ0n) is 9.22. The second-order valence-corrected chi connectivity index (χ2v) is 4.48. The first kappa shape index (κ1) is 12.2. The topological polar surface area (TPSA) is 53.4 Å². The number of thiazole rings is 1. The van der Waals surface area contributed by atoms with E-state index < -0.39 is 6.29 Å². The van der Waals surface area contributed by atoms with Crippen LogP contribution in [0.1, 0.15) is 24.5 Å². The van der Waals surface area contributed by atoms with Gasteiger partial charge in [-0.1, -0.05) is 13.0 Å². The van der Waals surface area contributed by atoms with Gasteiger partial charge in [-0.25, -0.2) is 9.37 Å². The van der Waals surface area contributed by atoms with Gasteiger partial charge in [-0.2, -0.15) is 0 Å². The molecular weight excluding hydrogens is 241 g/mol. The molecule has 0 unspecified atom stereocenters. The number of rotatable bonds is 3. The third kappa shape index (κ3) is 2.52. The van der Waals surface area contributed by atoms with Crippen molar-refractivity contribution in [3.8, 4) is 10.6 Å². The Kier molecular flexibility index (Phi) is 3.51. The quantitative estimate of drug-likeness (QED) is 0.826. The van der Waals surface area contributed by atoms with Gasteiger partial charge in [0.1, 0.15) is 16.5 Å². The lowest BCUT2D eigenvalue weighted by molar-refractivity contribution is -0.0453. The van der Waals surface area contributed by atoms with Crippen molar-refractivity contribution in [2.45, 2.75) is 19.6 Å². The summed E-state index contributed by atoms with van der Waals surface area (Å²) >= 11 is 1.19. The van der Waals surface area contributed by atoms with Gasteiger partial charge in [-0.15, -0.1) is 11.3 Å². The van der Waals surface area contributed by atoms with Gasteiger partial charge in [0.25, 0.3) is 0 Å². The van der Waals surface area contributed by atoms with E-state index >= 15 is 0 Å². The first-order valence-electron chi connectivity index (χ1n) is 5.22. The fourth-order valence-electron chi connectivity index (χ4n) is 1.48. The summed E-state index contributed by atoms with van der Waals surface area (Å²) in [5, 5.41) is 19.9. The van der Waals surface area contributed by atoms with Crippen LogP contribution < -0.4 is 0 Å². The molecule has 2 rings (SSSR count). The summed E-state index contributed by atoms with van der Waals surface area (Å²) in [6, 6.07) is 4.88. The van der Waals surface area contributed by atoms with Gasteiger partial charge >= 0.3 is 0 Å². The number of nitrogens with zero attached hydrogens (tertiary/aromatic N) is 1. The summed E-state index contributed by atoms with van der Waals surface area (Å²) in [5.74, 6) is -0.351. The summed E-state index contributed by atoms with van der Waals surface area (Å²) in [4.78, 5) is 3.99. The van der Waals surface area contributed by atoms with Gasteiger partial charge in [0.15, 0.2) is 6.29 Å². The van der Waals surface area contributed by atoms with Crippen molar-refractivity contribution in [2.24, 2.45) is 0 Å². The SMILES string of the molecule is CCc1ccc(F)c(-c2nc(C(O)O)cs2)c1. The number of hydrogen-bond donors (Lipinski definition) is 2. The Balaban J connectivity index is 2.44. The third-order valence-electron chi connectivity index (χ3n) is 2.46. The Labute approximate surface area is 102 Å². The molecule has 0 saturated carbocycles. The molecule has 1 heterocycles. The fraction of sp³-hybridized carbons (Fsp3) is 0.250. The highest BCUT2D eigenvalue weighted by Crippen LogP contribution is 2.28. The van der Waals surface area contributed by atoms with Crippen LogP contribution in [0.25, 0.3) is 10.6 Å². The summed E-state index contributed by atoms with van der Waals surface area (Å²) in [5.41, 5.74) is 1.57. The van der Waals surface area contributed by atoms with Crippen LogP contribution in [-0.2, 0) is 6.42 Å². The molecule has 2 N–H and O–H groups in total. The number of aromatic nitrogens is 1. The lowest BCUT2D eigenvalue weighted by atomic mass is 10.1. The molecule has 0 fully saturated rings. The zero-order chi connectivity index (χ0) is 12.4. The lowest BCUT2D eigenvalue weighted by Crippen LogP contribution is -1.95. The minimum Gasteiger partial charge on any atom is -0.363 e. The molecule has 0 saturated heterocycles. The van der Waals surface area contributed by atoms with Crippen LogP contribution in [0.4, 0.5) is 4.39 Å². The number of aliphatic hydroxyl groups is 2. The maximum absolute atomic E-state index is 13.6. The van der Waals surface area contributed by atoms with E-state index in [0.717, 1.165) is 12.0 Å². The number of aliphatic hydroxyl groups excluding tert-OH is 1. The molecule has 0 bridgehead atoms. The van der Waals surface area contributed by atoms with E-state index in [1.165, 1.54) is 22.8 Å². The minimum atomic E-state index is -1.61. The Morgan fingerprint density at radius 1 is 1.41 bits per heavy atom. The number of benzene rings is 1. The van der Waals surface area contributed by atoms with Gasteiger partial charge in [0, 0.05) is 10.9 Å². The lowest BCUT2D eigenvalue weighted by Gasteiger charge is -2.02. The van der Waals surface area contributed by atoms with E-state index in [1.54, 1.807) is 12.1 Å². The van der Waals surface area contributed by atoms with Crippen molar-refractivity contribution in [1.29, 1.82) is 0 Å². The molecule has 0 amide bonds. The summed E-state index contributed by atoms with van der Waals surface area (Å²) < 4.78 is 13.6. The molecule has 0 aliphatic heterocycles. The van der Waals surface area contributed by atoms with Crippen molar-refractivity contribution in [1.82, 2.24) is 4.98 Å². The van der Waals surface area contributed by atoms with Crippen molar-refractivity contribution in [2.75, 3.05) is 0 Å². The molecule has 0 atom stereocenters. The second kappa shape index (κ2) is 4.91. The predicted molar refractivity (Wildman–Crippen MR) is 64.1 cm³/mol. The second-order valence-electron chi connectivity index (χ2n) is 3.62. The Bertz CT molecular complexity index is 525. The maximum atomic E-state index is 13.6. The summed E-state index contributed by atoms with van der Waals surface area (Å²) in [6.45, 7) is 1.99. The average Bonchev–Trinajstić information content (AvgIpc) is 2.79. The van der Waals surface area contributed by atoms with E-state index in [2.05, 4.69) is 4.98 Å². The number of hydrogen-bond acceptors (Lipinski definition) is 4. The smallest absolute Gasteiger partial charge is 0.196 e. The fourth-order valence-corrected chi connectivity index (χ4v) is 2.33. The molecule has 2 aromatic rings. The van der Waals surface area contributed by atoms with Crippen molar-refractivity contribution < 1.29 is 14.6 Å². The first-order chi connectivity index (χ1) is 8.11. The largest absolute Gasteiger partial charge is 0.363 e. The van der Waals surface area contributed by atoms with Crippen molar-refractivity contribution in [3.63, 3.8) is 0 Å². The normalized spacial score (nSPS) is 11.1. The highest BCUT2D eigenvalue weighted by Gasteiger charge is 2.13. The van der Waals surface area contributed by atoms with E-state index in [4.69, 9.17) is 10.2 Å². The Hall–Kier alpha value is -1.30. The molecule has 0 aliphatic carbocycles. The highest BCUT2D eigenvalue weighted by atomic mass is 32.1. The van der Waals surface area contributed by atoms with Crippen LogP contribution in [0.15, 0.2) is 23.6 Å². The third-order valence-corrected chi connectivity index (χ3v) is 3.35. The minimum absolute atomic E-state index is 0.145. The van der Waals surface area contributed by atoms with Gasteiger partial charge < -0.3 is 10.2 Å². The first-order valence-corrected chi connectivity index (χ1v) is 6.10. The average molecular weight is 253 g/mol. The molecule has 1 aromatic carbocycles. The van der Waals surface area contributed by atoms with Crippen LogP contribution >= 0.6 is 11.3 Å². The number of halogens is 1. The summed E-state index contributed by atoms with van der Waals surface area (Å²) in [6.07, 6.45) is -0.800. The molecule has 17 heavy (non-hydrogen) atoms. The van der Waals surface area contributed by atoms with Crippen LogP contribution in [0.2, 0.25) is 0 Å². The predicted octanol–water partition coefficient (Wildman–Crippen LogP) is 2.49. The molecular formula is C12H12FNO2S.